The molecule has 4 aromatic carbocycles. The molecule has 4 rings (SSSR count). The summed E-state index contributed by atoms with van der Waals surface area (Å²) in [5.74, 6) is -8.70. The van der Waals surface area contributed by atoms with E-state index in [0.29, 0.717) is 11.1 Å². The molecule has 0 aliphatic heterocycles. The molecule has 0 unspecified atom stereocenters. The molecule has 0 N–H and O–H groups in total. The topological polar surface area (TPSA) is 0 Å². The third-order valence-electron chi connectivity index (χ3n) is 5.10. The maximum absolute atomic E-state index is 14.8. The molecule has 0 fully saturated rings. The molecule has 0 atom stereocenters. The van der Waals surface area contributed by atoms with Crippen LogP contribution >= 0.6 is 0 Å². The van der Waals surface area contributed by atoms with Crippen LogP contribution in [0, 0.1) is 0 Å². The second-order valence-corrected chi connectivity index (χ2v) is 7.04. The summed E-state index contributed by atoms with van der Waals surface area (Å²) in [4.78, 5) is 0. The molecule has 0 heterocycles. The molecule has 0 aromatic heterocycles. The lowest BCUT2D eigenvalue weighted by molar-refractivity contribution is -0.223. The zero-order valence-corrected chi connectivity index (χ0v) is 15.9. The Morgan fingerprint density at radius 1 is 0.333 bits per heavy atom. The van der Waals surface area contributed by atoms with Gasteiger partial charge in [-0.05, 0) is 22.3 Å². The Morgan fingerprint density at radius 2 is 0.600 bits per heavy atom. The Kier molecular flexibility index (Phi) is 5.17. The van der Waals surface area contributed by atoms with Crippen molar-refractivity contribution in [2.45, 2.75) is 11.8 Å². The summed E-state index contributed by atoms with van der Waals surface area (Å²) >= 11 is 0. The first-order valence-corrected chi connectivity index (χ1v) is 9.47. The molecule has 4 aromatic rings. The van der Waals surface area contributed by atoms with Gasteiger partial charge in [0.15, 0.2) is 0 Å². The number of halogens is 4. The van der Waals surface area contributed by atoms with Crippen LogP contribution in [0.4, 0.5) is 17.6 Å². The van der Waals surface area contributed by atoms with E-state index < -0.39 is 23.0 Å². The van der Waals surface area contributed by atoms with Crippen molar-refractivity contribution in [1.82, 2.24) is 0 Å². The number of rotatable bonds is 5. The van der Waals surface area contributed by atoms with Crippen LogP contribution in [-0.2, 0) is 11.8 Å². The van der Waals surface area contributed by atoms with Crippen molar-refractivity contribution in [2.24, 2.45) is 0 Å². The van der Waals surface area contributed by atoms with Crippen LogP contribution < -0.4 is 0 Å². The smallest absolute Gasteiger partial charge is 0.194 e. The lowest BCUT2D eigenvalue weighted by Gasteiger charge is -2.27. The molecule has 150 valence electrons. The summed E-state index contributed by atoms with van der Waals surface area (Å²) in [7, 11) is 0. The van der Waals surface area contributed by atoms with E-state index in [0.717, 1.165) is 35.4 Å². The molecule has 0 radical (unpaired) electrons. The molecule has 0 aliphatic carbocycles. The summed E-state index contributed by atoms with van der Waals surface area (Å²) in [6, 6.07) is 28.3. The fourth-order valence-corrected chi connectivity index (χ4v) is 3.37. The molecule has 0 saturated carbocycles. The van der Waals surface area contributed by atoms with Gasteiger partial charge in [0, 0.05) is 11.1 Å². The summed E-state index contributed by atoms with van der Waals surface area (Å²) in [6.07, 6.45) is 0. The van der Waals surface area contributed by atoms with Crippen LogP contribution in [-0.4, -0.2) is 0 Å². The largest absolute Gasteiger partial charge is 0.339 e. The van der Waals surface area contributed by atoms with Crippen molar-refractivity contribution in [2.75, 3.05) is 0 Å². The van der Waals surface area contributed by atoms with Gasteiger partial charge in [0.1, 0.15) is 0 Å². The minimum Gasteiger partial charge on any atom is -0.194 e. The van der Waals surface area contributed by atoms with E-state index in [1.807, 2.05) is 60.7 Å². The van der Waals surface area contributed by atoms with Gasteiger partial charge in [0.2, 0.25) is 0 Å². The van der Waals surface area contributed by atoms with Crippen molar-refractivity contribution < 1.29 is 17.6 Å². The third kappa shape index (κ3) is 3.61. The van der Waals surface area contributed by atoms with Crippen LogP contribution in [0.15, 0.2) is 109 Å². The minimum atomic E-state index is -4.35. The Morgan fingerprint density at radius 3 is 0.900 bits per heavy atom. The van der Waals surface area contributed by atoms with E-state index in [4.69, 9.17) is 0 Å². The molecule has 0 saturated heterocycles. The van der Waals surface area contributed by atoms with Gasteiger partial charge in [-0.25, -0.2) is 0 Å². The normalized spacial score (nSPS) is 12.0. The quantitative estimate of drug-likeness (QED) is 0.296. The summed E-state index contributed by atoms with van der Waals surface area (Å²) < 4.78 is 59.3. The number of hydrogen-bond donors (Lipinski definition) is 0. The Balaban J connectivity index is 1.62. The van der Waals surface area contributed by atoms with Gasteiger partial charge in [-0.1, -0.05) is 109 Å². The van der Waals surface area contributed by atoms with Crippen molar-refractivity contribution in [1.29, 1.82) is 0 Å². The molecular weight excluding hydrogens is 388 g/mol. The van der Waals surface area contributed by atoms with E-state index in [1.54, 1.807) is 0 Å². The standard InChI is InChI=1S/C26H18F4/c27-25(28,23-15-11-21(12-16-23)19-7-3-1-4-8-19)26(29,30)24-17-13-22(14-18-24)20-9-5-2-6-10-20/h1-18H. The van der Waals surface area contributed by atoms with Crippen molar-refractivity contribution in [3.63, 3.8) is 0 Å². The lowest BCUT2D eigenvalue weighted by atomic mass is 9.93. The van der Waals surface area contributed by atoms with Crippen LogP contribution in [0.5, 0.6) is 0 Å². The van der Waals surface area contributed by atoms with E-state index in [1.165, 1.54) is 24.3 Å². The molecule has 30 heavy (non-hydrogen) atoms. The van der Waals surface area contributed by atoms with Gasteiger partial charge in [-0.2, -0.15) is 17.6 Å². The molecule has 0 aliphatic rings. The van der Waals surface area contributed by atoms with Gasteiger partial charge in [0.05, 0.1) is 0 Å². The summed E-state index contributed by atoms with van der Waals surface area (Å²) in [5, 5.41) is 0. The Labute approximate surface area is 172 Å². The minimum absolute atomic E-state index is 0.686. The highest BCUT2D eigenvalue weighted by molar-refractivity contribution is 5.64. The molecule has 0 spiro atoms. The van der Waals surface area contributed by atoms with Gasteiger partial charge < -0.3 is 0 Å². The molecule has 0 nitrogen and oxygen atoms in total. The van der Waals surface area contributed by atoms with Crippen molar-refractivity contribution in [3.05, 3.63) is 120 Å². The van der Waals surface area contributed by atoms with E-state index in [-0.39, 0.29) is 0 Å². The third-order valence-corrected chi connectivity index (χ3v) is 5.10. The highest BCUT2D eigenvalue weighted by atomic mass is 19.3. The predicted octanol–water partition coefficient (Wildman–Crippen LogP) is 7.90. The first-order valence-electron chi connectivity index (χ1n) is 9.47. The number of hydrogen-bond acceptors (Lipinski definition) is 0. The first-order chi connectivity index (χ1) is 14.4. The fourth-order valence-electron chi connectivity index (χ4n) is 3.37. The fraction of sp³-hybridized carbons (Fsp3) is 0.0769. The van der Waals surface area contributed by atoms with Gasteiger partial charge in [0.25, 0.3) is 0 Å². The summed E-state index contributed by atoms with van der Waals surface area (Å²) in [5.41, 5.74) is 1.58. The zero-order valence-electron chi connectivity index (χ0n) is 15.9. The SMILES string of the molecule is FC(F)(c1ccc(-c2ccccc2)cc1)C(F)(F)c1ccc(-c2ccccc2)cc1. The highest BCUT2D eigenvalue weighted by Gasteiger charge is 2.58. The Hall–Kier alpha value is -3.40. The van der Waals surface area contributed by atoms with Crippen LogP contribution in [0.3, 0.4) is 0 Å². The molecular formula is C26H18F4. The van der Waals surface area contributed by atoms with Crippen LogP contribution in [0.2, 0.25) is 0 Å². The van der Waals surface area contributed by atoms with Crippen molar-refractivity contribution >= 4 is 0 Å². The number of benzene rings is 4. The first kappa shape index (κ1) is 19.9. The predicted molar refractivity (Wildman–Crippen MR) is 112 cm³/mol. The molecule has 0 bridgehead atoms. The van der Waals surface area contributed by atoms with E-state index in [2.05, 4.69) is 0 Å². The summed E-state index contributed by atoms with van der Waals surface area (Å²) in [6.45, 7) is 0. The molecule has 4 heteroatoms. The average Bonchev–Trinajstić information content (AvgIpc) is 2.80. The van der Waals surface area contributed by atoms with Gasteiger partial charge in [-0.15, -0.1) is 0 Å². The maximum atomic E-state index is 14.8. The average molecular weight is 406 g/mol. The maximum Gasteiger partial charge on any atom is 0.339 e. The Bertz CT molecular complexity index is 1010. The van der Waals surface area contributed by atoms with Crippen molar-refractivity contribution in [3.8, 4) is 22.3 Å². The lowest BCUT2D eigenvalue weighted by Crippen LogP contribution is -2.35. The monoisotopic (exact) mass is 406 g/mol. The zero-order chi connectivity index (χ0) is 21.2. The highest BCUT2D eigenvalue weighted by Crippen LogP contribution is 2.49. The van der Waals surface area contributed by atoms with E-state index in [9.17, 15) is 17.6 Å². The van der Waals surface area contributed by atoms with Crippen LogP contribution in [0.25, 0.3) is 22.3 Å². The number of alkyl halides is 4. The molecule has 0 amide bonds. The van der Waals surface area contributed by atoms with Gasteiger partial charge >= 0.3 is 11.8 Å². The second kappa shape index (κ2) is 7.79. The van der Waals surface area contributed by atoms with Gasteiger partial charge in [-0.3, -0.25) is 0 Å². The van der Waals surface area contributed by atoms with E-state index >= 15 is 0 Å². The second-order valence-electron chi connectivity index (χ2n) is 7.04. The van der Waals surface area contributed by atoms with Crippen LogP contribution in [0.1, 0.15) is 11.1 Å².